The van der Waals surface area contributed by atoms with Gasteiger partial charge in [0.15, 0.2) is 17.0 Å². The molecule has 4 aromatic rings. The molecule has 7 heteroatoms. The van der Waals surface area contributed by atoms with Crippen LogP contribution < -0.4 is 10.2 Å². The summed E-state index contributed by atoms with van der Waals surface area (Å²) in [6.45, 7) is 10.5. The van der Waals surface area contributed by atoms with Crippen LogP contribution in [0.2, 0.25) is 0 Å². The van der Waals surface area contributed by atoms with Crippen molar-refractivity contribution >= 4 is 22.7 Å². The van der Waals surface area contributed by atoms with Gasteiger partial charge in [0, 0.05) is 56.6 Å². The summed E-state index contributed by atoms with van der Waals surface area (Å²) in [4.78, 5) is 19.5. The third-order valence-corrected chi connectivity index (χ3v) is 8.21. The second-order valence-corrected chi connectivity index (χ2v) is 10.5. The van der Waals surface area contributed by atoms with E-state index in [1.807, 2.05) is 0 Å². The minimum Gasteiger partial charge on any atom is -0.369 e. The number of piperazine rings is 1. The van der Waals surface area contributed by atoms with E-state index < -0.39 is 0 Å². The average Bonchev–Trinajstić information content (AvgIpc) is 3.60. The van der Waals surface area contributed by atoms with Crippen molar-refractivity contribution in [2.24, 2.45) is 0 Å². The fourth-order valence-electron chi connectivity index (χ4n) is 5.95. The molecule has 0 unspecified atom stereocenters. The largest absolute Gasteiger partial charge is 0.369 e. The minimum absolute atomic E-state index is 0.482. The number of hydrogen-bond acceptors (Lipinski definition) is 6. The predicted octanol–water partition coefficient (Wildman–Crippen LogP) is 5.32. The zero-order valence-corrected chi connectivity index (χ0v) is 22.0. The van der Waals surface area contributed by atoms with Gasteiger partial charge in [0.25, 0.3) is 0 Å². The van der Waals surface area contributed by atoms with E-state index in [4.69, 9.17) is 9.97 Å². The summed E-state index contributed by atoms with van der Waals surface area (Å²) in [5.41, 5.74) is 7.05. The van der Waals surface area contributed by atoms with Gasteiger partial charge >= 0.3 is 0 Å². The van der Waals surface area contributed by atoms with Crippen molar-refractivity contribution in [3.63, 3.8) is 0 Å². The lowest BCUT2D eigenvalue weighted by atomic mass is 10.1. The number of aromatic nitrogens is 4. The van der Waals surface area contributed by atoms with Gasteiger partial charge in [0.2, 0.25) is 0 Å². The third kappa shape index (κ3) is 4.80. The standard InChI is InChI=1S/C30H37N7/c1-22-9-8-14-26(23(22)2)36-19-17-35(18-20-36)16-15-31-28-27-30(33-21-32-28)37(25-12-4-3-5-13-25)29(34-27)24-10-6-7-11-24/h3-5,8-9,12-14,21,24H,6-7,10-11,15-20H2,1-2H3,(H,31,32,33). The molecule has 1 aliphatic heterocycles. The van der Waals surface area contributed by atoms with Crippen molar-refractivity contribution in [2.45, 2.75) is 45.4 Å². The maximum atomic E-state index is 5.15. The maximum Gasteiger partial charge on any atom is 0.170 e. The molecule has 1 saturated heterocycles. The van der Waals surface area contributed by atoms with Crippen molar-refractivity contribution < 1.29 is 0 Å². The monoisotopic (exact) mass is 495 g/mol. The summed E-state index contributed by atoms with van der Waals surface area (Å²) in [6, 6.07) is 17.1. The van der Waals surface area contributed by atoms with Crippen LogP contribution >= 0.6 is 0 Å². The number of benzene rings is 2. The van der Waals surface area contributed by atoms with Crippen LogP contribution in [0.1, 0.15) is 48.6 Å². The molecule has 1 aliphatic carbocycles. The lowest BCUT2D eigenvalue weighted by Crippen LogP contribution is -2.47. The molecule has 2 fully saturated rings. The normalized spacial score (nSPS) is 17.1. The SMILES string of the molecule is Cc1cccc(N2CCN(CCNc3ncnc4c3nc(C3CCCC3)n4-c3ccccc3)CC2)c1C. The highest BCUT2D eigenvalue weighted by molar-refractivity contribution is 5.84. The molecule has 1 saturated carbocycles. The van der Waals surface area contributed by atoms with Gasteiger partial charge in [-0.25, -0.2) is 15.0 Å². The molecular formula is C30H37N7. The van der Waals surface area contributed by atoms with Gasteiger partial charge in [0.05, 0.1) is 0 Å². The van der Waals surface area contributed by atoms with Gasteiger partial charge in [-0.1, -0.05) is 43.2 Å². The van der Waals surface area contributed by atoms with Crippen molar-refractivity contribution in [1.29, 1.82) is 0 Å². The Balaban J connectivity index is 1.15. The second-order valence-electron chi connectivity index (χ2n) is 10.5. The summed E-state index contributed by atoms with van der Waals surface area (Å²) in [7, 11) is 0. The smallest absolute Gasteiger partial charge is 0.170 e. The van der Waals surface area contributed by atoms with Crippen LogP contribution in [0, 0.1) is 13.8 Å². The van der Waals surface area contributed by atoms with Crippen LogP contribution in [0.4, 0.5) is 11.5 Å². The Morgan fingerprint density at radius 2 is 1.68 bits per heavy atom. The fraction of sp³-hybridized carbons (Fsp3) is 0.433. The number of aryl methyl sites for hydroxylation is 1. The van der Waals surface area contributed by atoms with E-state index >= 15 is 0 Å². The van der Waals surface area contributed by atoms with Crippen molar-refractivity contribution in [2.75, 3.05) is 49.5 Å². The number of rotatable bonds is 7. The number of para-hydroxylation sites is 1. The number of hydrogen-bond donors (Lipinski definition) is 1. The van der Waals surface area contributed by atoms with E-state index in [0.717, 1.165) is 67.8 Å². The fourth-order valence-corrected chi connectivity index (χ4v) is 5.95. The van der Waals surface area contributed by atoms with E-state index in [1.165, 1.54) is 42.5 Å². The maximum absolute atomic E-state index is 5.15. The van der Waals surface area contributed by atoms with Crippen LogP contribution in [0.5, 0.6) is 0 Å². The summed E-state index contributed by atoms with van der Waals surface area (Å²) < 4.78 is 2.25. The number of imidazole rings is 1. The van der Waals surface area contributed by atoms with Crippen LogP contribution in [0.3, 0.4) is 0 Å². The lowest BCUT2D eigenvalue weighted by Gasteiger charge is -2.37. The van der Waals surface area contributed by atoms with E-state index in [0.29, 0.717) is 5.92 Å². The summed E-state index contributed by atoms with van der Waals surface area (Å²) in [5.74, 6) is 2.45. The van der Waals surface area contributed by atoms with Crippen LogP contribution in [0.15, 0.2) is 54.9 Å². The van der Waals surface area contributed by atoms with Crippen molar-refractivity contribution in [3.05, 3.63) is 71.8 Å². The molecule has 0 spiro atoms. The van der Waals surface area contributed by atoms with Gasteiger partial charge in [-0.2, -0.15) is 0 Å². The molecule has 0 amide bonds. The van der Waals surface area contributed by atoms with E-state index in [1.54, 1.807) is 6.33 Å². The highest BCUT2D eigenvalue weighted by Crippen LogP contribution is 2.37. The lowest BCUT2D eigenvalue weighted by molar-refractivity contribution is 0.267. The Hall–Kier alpha value is -3.45. The predicted molar refractivity (Wildman–Crippen MR) is 151 cm³/mol. The molecule has 0 atom stereocenters. The first-order chi connectivity index (χ1) is 18.2. The highest BCUT2D eigenvalue weighted by Gasteiger charge is 2.26. The quantitative estimate of drug-likeness (QED) is 0.374. The summed E-state index contributed by atoms with van der Waals surface area (Å²) in [6.07, 6.45) is 6.61. The van der Waals surface area contributed by atoms with Crippen LogP contribution in [-0.4, -0.2) is 63.7 Å². The van der Waals surface area contributed by atoms with Crippen molar-refractivity contribution in [3.8, 4) is 5.69 Å². The molecule has 7 nitrogen and oxygen atoms in total. The molecule has 0 bridgehead atoms. The van der Waals surface area contributed by atoms with Crippen molar-refractivity contribution in [1.82, 2.24) is 24.4 Å². The first kappa shape index (κ1) is 23.9. The molecule has 37 heavy (non-hydrogen) atoms. The van der Waals surface area contributed by atoms with Gasteiger partial charge in [0.1, 0.15) is 12.2 Å². The topological polar surface area (TPSA) is 62.1 Å². The van der Waals surface area contributed by atoms with Gasteiger partial charge in [-0.15, -0.1) is 0 Å². The Labute approximate surface area is 219 Å². The number of nitrogens with zero attached hydrogens (tertiary/aromatic N) is 6. The molecule has 3 heterocycles. The Morgan fingerprint density at radius 3 is 2.46 bits per heavy atom. The summed E-state index contributed by atoms with van der Waals surface area (Å²) in [5, 5.41) is 3.59. The number of fused-ring (bicyclic) bond motifs is 1. The number of nitrogens with one attached hydrogen (secondary N) is 1. The Morgan fingerprint density at radius 1 is 0.892 bits per heavy atom. The van der Waals surface area contributed by atoms with Gasteiger partial charge < -0.3 is 10.2 Å². The molecule has 2 aliphatic rings. The molecule has 1 N–H and O–H groups in total. The average molecular weight is 496 g/mol. The third-order valence-electron chi connectivity index (χ3n) is 8.21. The van der Waals surface area contributed by atoms with Crippen LogP contribution in [0.25, 0.3) is 16.9 Å². The minimum atomic E-state index is 0.482. The Bertz CT molecular complexity index is 1350. The Kier molecular flexibility index (Phi) is 6.79. The van der Waals surface area contributed by atoms with Gasteiger partial charge in [-0.3, -0.25) is 9.47 Å². The zero-order valence-electron chi connectivity index (χ0n) is 22.0. The molecule has 2 aromatic heterocycles. The second kappa shape index (κ2) is 10.5. The van der Waals surface area contributed by atoms with Crippen LogP contribution in [-0.2, 0) is 0 Å². The highest BCUT2D eigenvalue weighted by atomic mass is 15.3. The van der Waals surface area contributed by atoms with E-state index in [9.17, 15) is 0 Å². The number of anilines is 2. The first-order valence-electron chi connectivity index (χ1n) is 13.7. The summed E-state index contributed by atoms with van der Waals surface area (Å²) >= 11 is 0. The van der Waals surface area contributed by atoms with E-state index in [-0.39, 0.29) is 0 Å². The van der Waals surface area contributed by atoms with Gasteiger partial charge in [-0.05, 0) is 56.0 Å². The van der Waals surface area contributed by atoms with E-state index in [2.05, 4.69) is 87.0 Å². The molecular weight excluding hydrogens is 458 g/mol. The molecule has 192 valence electrons. The molecule has 0 radical (unpaired) electrons. The zero-order chi connectivity index (χ0) is 25.2. The molecule has 6 rings (SSSR count). The first-order valence-corrected chi connectivity index (χ1v) is 13.7. The molecule has 2 aromatic carbocycles.